The number of pyridine rings is 1. The molecule has 2 aromatic rings. The largest absolute Gasteiger partial charge is 0.339 e. The summed E-state index contributed by atoms with van der Waals surface area (Å²) in [6, 6.07) is 11.2. The summed E-state index contributed by atoms with van der Waals surface area (Å²) in [4.78, 5) is 31.1. The van der Waals surface area contributed by atoms with Gasteiger partial charge < -0.3 is 4.90 Å². The molecule has 1 saturated heterocycles. The van der Waals surface area contributed by atoms with Crippen LogP contribution >= 0.6 is 11.8 Å². The molecule has 3 rings (SSSR count). The number of thioether (sulfide) groups is 1. The molecule has 0 unspecified atom stereocenters. The minimum atomic E-state index is -0.227. The minimum Gasteiger partial charge on any atom is -0.339 e. The number of amides is 1. The molecule has 0 N–H and O–H groups in total. The van der Waals surface area contributed by atoms with E-state index in [1.165, 1.54) is 11.8 Å². The highest BCUT2D eigenvalue weighted by molar-refractivity contribution is 8.00. The first-order valence-electron chi connectivity index (χ1n) is 8.57. The van der Waals surface area contributed by atoms with Crippen LogP contribution in [-0.2, 0) is 0 Å². The molecule has 0 spiro atoms. The van der Waals surface area contributed by atoms with Crippen molar-refractivity contribution in [3.8, 4) is 0 Å². The molecule has 0 aliphatic carbocycles. The van der Waals surface area contributed by atoms with Gasteiger partial charge in [-0.05, 0) is 38.8 Å². The number of rotatable bonds is 5. The van der Waals surface area contributed by atoms with Crippen LogP contribution in [0, 0.1) is 6.92 Å². The van der Waals surface area contributed by atoms with Crippen molar-refractivity contribution in [2.75, 3.05) is 13.1 Å². The monoisotopic (exact) mass is 354 g/mol. The first-order chi connectivity index (χ1) is 12.0. The fraction of sp³-hybridized carbons (Fsp3) is 0.350. The van der Waals surface area contributed by atoms with Crippen LogP contribution in [0.2, 0.25) is 0 Å². The maximum absolute atomic E-state index is 12.5. The molecule has 130 valence electrons. The van der Waals surface area contributed by atoms with Crippen molar-refractivity contribution in [2.45, 2.75) is 37.0 Å². The molecule has 0 radical (unpaired) electrons. The van der Waals surface area contributed by atoms with Crippen LogP contribution in [0.1, 0.15) is 46.0 Å². The Bertz CT molecular complexity index is 750. The third-order valence-corrected chi connectivity index (χ3v) is 5.43. The lowest BCUT2D eigenvalue weighted by molar-refractivity contribution is 0.0792. The summed E-state index contributed by atoms with van der Waals surface area (Å²) in [5.74, 6) is 0.134. The second kappa shape index (κ2) is 7.83. The third-order valence-electron chi connectivity index (χ3n) is 4.38. The SMILES string of the molecule is Cc1ccc(C(=O)[C@@H](C)Sc2ccc(C(=O)N3CCCC3)cn2)cc1. The van der Waals surface area contributed by atoms with Crippen LogP contribution in [0.4, 0.5) is 0 Å². The quantitative estimate of drug-likeness (QED) is 0.602. The van der Waals surface area contributed by atoms with E-state index >= 15 is 0 Å². The summed E-state index contributed by atoms with van der Waals surface area (Å²) in [6.45, 7) is 5.55. The van der Waals surface area contributed by atoms with Crippen molar-refractivity contribution in [1.29, 1.82) is 0 Å². The zero-order valence-corrected chi connectivity index (χ0v) is 15.4. The molecule has 0 bridgehead atoms. The van der Waals surface area contributed by atoms with E-state index < -0.39 is 0 Å². The number of hydrogen-bond donors (Lipinski definition) is 0. The maximum Gasteiger partial charge on any atom is 0.255 e. The number of benzene rings is 1. The van der Waals surface area contributed by atoms with Crippen molar-refractivity contribution < 1.29 is 9.59 Å². The summed E-state index contributed by atoms with van der Waals surface area (Å²) in [7, 11) is 0. The average Bonchev–Trinajstić information content (AvgIpc) is 3.16. The molecule has 5 heteroatoms. The van der Waals surface area contributed by atoms with E-state index in [9.17, 15) is 9.59 Å². The Morgan fingerprint density at radius 3 is 2.28 bits per heavy atom. The van der Waals surface area contributed by atoms with Crippen LogP contribution in [0.5, 0.6) is 0 Å². The van der Waals surface area contributed by atoms with Crippen LogP contribution in [0.3, 0.4) is 0 Å². The number of Topliss-reactive ketones (excluding diaryl/α,β-unsaturated/α-hetero) is 1. The van der Waals surface area contributed by atoms with E-state index in [0.29, 0.717) is 11.1 Å². The van der Waals surface area contributed by atoms with Gasteiger partial charge in [-0.15, -0.1) is 0 Å². The van der Waals surface area contributed by atoms with Gasteiger partial charge in [0.25, 0.3) is 5.91 Å². The lowest BCUT2D eigenvalue weighted by Crippen LogP contribution is -2.27. The highest BCUT2D eigenvalue weighted by Crippen LogP contribution is 2.24. The Balaban J connectivity index is 1.63. The predicted octanol–water partition coefficient (Wildman–Crippen LogP) is 3.99. The van der Waals surface area contributed by atoms with Crippen LogP contribution < -0.4 is 0 Å². The zero-order valence-electron chi connectivity index (χ0n) is 14.6. The Kier molecular flexibility index (Phi) is 5.53. The average molecular weight is 354 g/mol. The van der Waals surface area contributed by atoms with Gasteiger partial charge in [0.05, 0.1) is 15.8 Å². The first-order valence-corrected chi connectivity index (χ1v) is 9.45. The molecule has 25 heavy (non-hydrogen) atoms. The number of nitrogens with zero attached hydrogens (tertiary/aromatic N) is 2. The van der Waals surface area contributed by atoms with Gasteiger partial charge in [0.2, 0.25) is 0 Å². The number of carbonyl (C=O) groups is 2. The molecule has 1 aliphatic heterocycles. The topological polar surface area (TPSA) is 50.3 Å². The lowest BCUT2D eigenvalue weighted by atomic mass is 10.1. The smallest absolute Gasteiger partial charge is 0.255 e. The second-order valence-electron chi connectivity index (χ2n) is 6.37. The number of carbonyl (C=O) groups excluding carboxylic acids is 2. The number of hydrogen-bond acceptors (Lipinski definition) is 4. The van der Waals surface area contributed by atoms with E-state index in [-0.39, 0.29) is 16.9 Å². The highest BCUT2D eigenvalue weighted by Gasteiger charge is 2.20. The van der Waals surface area contributed by atoms with Gasteiger partial charge in [-0.2, -0.15) is 0 Å². The van der Waals surface area contributed by atoms with E-state index in [0.717, 1.165) is 36.5 Å². The Hall–Kier alpha value is -2.14. The van der Waals surface area contributed by atoms with Crippen molar-refractivity contribution in [1.82, 2.24) is 9.88 Å². The zero-order chi connectivity index (χ0) is 17.8. The molecule has 1 aromatic carbocycles. The van der Waals surface area contributed by atoms with Gasteiger partial charge in [0.15, 0.2) is 5.78 Å². The molecule has 1 aliphatic rings. The second-order valence-corrected chi connectivity index (χ2v) is 7.74. The molecular formula is C20H22N2O2S. The van der Waals surface area contributed by atoms with Gasteiger partial charge in [0.1, 0.15) is 0 Å². The normalized spacial score (nSPS) is 15.2. The Labute approximate surface area is 152 Å². The minimum absolute atomic E-state index is 0.0466. The van der Waals surface area contributed by atoms with E-state index in [1.807, 2.05) is 49.1 Å². The molecule has 1 aromatic heterocycles. The maximum atomic E-state index is 12.5. The Morgan fingerprint density at radius 2 is 1.68 bits per heavy atom. The van der Waals surface area contributed by atoms with Crippen molar-refractivity contribution in [3.05, 3.63) is 59.3 Å². The fourth-order valence-corrected chi connectivity index (χ4v) is 3.73. The van der Waals surface area contributed by atoms with E-state index in [1.54, 1.807) is 12.3 Å². The van der Waals surface area contributed by atoms with E-state index in [4.69, 9.17) is 0 Å². The fourth-order valence-electron chi connectivity index (χ4n) is 2.87. The molecule has 4 nitrogen and oxygen atoms in total. The molecule has 2 heterocycles. The highest BCUT2D eigenvalue weighted by atomic mass is 32.2. The van der Waals surface area contributed by atoms with Gasteiger partial charge in [-0.1, -0.05) is 41.6 Å². The molecular weight excluding hydrogens is 332 g/mol. The van der Waals surface area contributed by atoms with Crippen LogP contribution in [-0.4, -0.2) is 39.9 Å². The summed E-state index contributed by atoms with van der Waals surface area (Å²) in [5, 5.41) is 0.529. The Morgan fingerprint density at radius 1 is 1.04 bits per heavy atom. The molecule has 0 saturated carbocycles. The first kappa shape index (κ1) is 17.7. The summed E-state index contributed by atoms with van der Waals surface area (Å²) in [6.07, 6.45) is 3.77. The van der Waals surface area contributed by atoms with Crippen molar-refractivity contribution >= 4 is 23.5 Å². The number of aryl methyl sites for hydroxylation is 1. The molecule has 1 atom stereocenters. The van der Waals surface area contributed by atoms with Crippen molar-refractivity contribution in [2.24, 2.45) is 0 Å². The van der Waals surface area contributed by atoms with Gasteiger partial charge in [-0.25, -0.2) is 4.98 Å². The number of aromatic nitrogens is 1. The van der Waals surface area contributed by atoms with Gasteiger partial charge in [0, 0.05) is 24.8 Å². The lowest BCUT2D eigenvalue weighted by Gasteiger charge is -2.15. The standard InChI is InChI=1S/C20H22N2O2S/c1-14-5-7-16(8-6-14)19(23)15(2)25-18-10-9-17(13-21-18)20(24)22-11-3-4-12-22/h5-10,13,15H,3-4,11-12H2,1-2H3/t15-/m1/s1. The van der Waals surface area contributed by atoms with Crippen LogP contribution in [0.25, 0.3) is 0 Å². The van der Waals surface area contributed by atoms with E-state index in [2.05, 4.69) is 4.98 Å². The van der Waals surface area contributed by atoms with Gasteiger partial charge in [-0.3, -0.25) is 9.59 Å². The summed E-state index contributed by atoms with van der Waals surface area (Å²) in [5.41, 5.74) is 2.46. The third kappa shape index (κ3) is 4.28. The summed E-state index contributed by atoms with van der Waals surface area (Å²) < 4.78 is 0. The predicted molar refractivity (Wildman–Crippen MR) is 100 cm³/mol. The molecule has 1 amide bonds. The van der Waals surface area contributed by atoms with Gasteiger partial charge >= 0.3 is 0 Å². The summed E-state index contributed by atoms with van der Waals surface area (Å²) >= 11 is 1.42. The van der Waals surface area contributed by atoms with Crippen LogP contribution in [0.15, 0.2) is 47.6 Å². The van der Waals surface area contributed by atoms with Crippen molar-refractivity contribution in [3.63, 3.8) is 0 Å². The number of ketones is 1. The number of likely N-dealkylation sites (tertiary alicyclic amines) is 1. The molecule has 1 fully saturated rings.